The van der Waals surface area contributed by atoms with E-state index < -0.39 is 0 Å². The molecule has 0 amide bonds. The molecule has 0 bridgehead atoms. The topological polar surface area (TPSA) is 61.8 Å². The van der Waals surface area contributed by atoms with Crippen LogP contribution >= 0.6 is 0 Å². The van der Waals surface area contributed by atoms with Crippen molar-refractivity contribution >= 4 is 5.84 Å². The first-order valence-electron chi connectivity index (χ1n) is 5.21. The molecule has 3 atom stereocenters. The molecule has 14 heavy (non-hydrogen) atoms. The van der Waals surface area contributed by atoms with Crippen LogP contribution in [-0.4, -0.2) is 35.6 Å². The molecule has 0 spiro atoms. The highest BCUT2D eigenvalue weighted by Crippen LogP contribution is 2.38. The van der Waals surface area contributed by atoms with Crippen molar-refractivity contribution in [2.45, 2.75) is 32.7 Å². The number of rotatable bonds is 5. The molecule has 0 aromatic carbocycles. The maximum absolute atomic E-state index is 8.45. The predicted molar refractivity (Wildman–Crippen MR) is 57.4 cm³/mol. The third-order valence-corrected chi connectivity index (χ3v) is 3.18. The first kappa shape index (κ1) is 11.3. The Balaban J connectivity index is 2.25. The van der Waals surface area contributed by atoms with Crippen molar-refractivity contribution in [1.29, 1.82) is 0 Å². The second-order valence-electron chi connectivity index (χ2n) is 4.56. The van der Waals surface area contributed by atoms with Gasteiger partial charge in [-0.15, -0.1) is 0 Å². The monoisotopic (exact) mass is 199 g/mol. The minimum absolute atomic E-state index is 0.313. The lowest BCUT2D eigenvalue weighted by Crippen LogP contribution is -2.34. The Morgan fingerprint density at radius 2 is 2.29 bits per heavy atom. The largest absolute Gasteiger partial charge is 0.409 e. The number of nitrogens with two attached hydrogens (primary N) is 1. The Kier molecular flexibility index (Phi) is 3.75. The van der Waals surface area contributed by atoms with Crippen LogP contribution in [0, 0.1) is 11.8 Å². The first-order chi connectivity index (χ1) is 6.54. The summed E-state index contributed by atoms with van der Waals surface area (Å²) in [6, 6.07) is 0.346. The van der Waals surface area contributed by atoms with Crippen molar-refractivity contribution in [1.82, 2.24) is 4.90 Å². The molecule has 3 N–H and O–H groups in total. The molecule has 0 aromatic rings. The summed E-state index contributed by atoms with van der Waals surface area (Å²) in [7, 11) is 2.10. The van der Waals surface area contributed by atoms with E-state index in [2.05, 4.69) is 31.0 Å². The van der Waals surface area contributed by atoms with Crippen LogP contribution in [0.25, 0.3) is 0 Å². The Morgan fingerprint density at radius 3 is 2.71 bits per heavy atom. The summed E-state index contributed by atoms with van der Waals surface area (Å²) in [5, 5.41) is 11.4. The molecular weight excluding hydrogens is 178 g/mol. The van der Waals surface area contributed by atoms with Crippen molar-refractivity contribution in [3.63, 3.8) is 0 Å². The second kappa shape index (κ2) is 4.64. The summed E-state index contributed by atoms with van der Waals surface area (Å²) in [6.07, 6.45) is 1.98. The van der Waals surface area contributed by atoms with Crippen molar-refractivity contribution in [3.05, 3.63) is 0 Å². The fourth-order valence-corrected chi connectivity index (χ4v) is 1.70. The average molecular weight is 199 g/mol. The van der Waals surface area contributed by atoms with E-state index in [1.807, 2.05) is 0 Å². The number of oxime groups is 1. The summed E-state index contributed by atoms with van der Waals surface area (Å²) in [5.74, 6) is 2.05. The number of amidine groups is 1. The van der Waals surface area contributed by atoms with E-state index in [0.29, 0.717) is 18.3 Å². The molecule has 1 aliphatic rings. The van der Waals surface area contributed by atoms with Gasteiger partial charge in [-0.05, 0) is 32.2 Å². The quantitative estimate of drug-likeness (QED) is 0.302. The van der Waals surface area contributed by atoms with Crippen LogP contribution in [0.5, 0.6) is 0 Å². The predicted octanol–water partition coefficient (Wildman–Crippen LogP) is 1.10. The highest BCUT2D eigenvalue weighted by Gasteiger charge is 2.33. The fourth-order valence-electron chi connectivity index (χ4n) is 1.70. The van der Waals surface area contributed by atoms with Gasteiger partial charge in [-0.1, -0.05) is 12.1 Å². The third-order valence-electron chi connectivity index (χ3n) is 3.18. The molecule has 4 nitrogen and oxygen atoms in total. The van der Waals surface area contributed by atoms with Gasteiger partial charge in [0.15, 0.2) is 0 Å². The zero-order valence-corrected chi connectivity index (χ0v) is 9.27. The highest BCUT2D eigenvalue weighted by atomic mass is 16.4. The van der Waals surface area contributed by atoms with E-state index in [9.17, 15) is 0 Å². The van der Waals surface area contributed by atoms with E-state index in [4.69, 9.17) is 10.9 Å². The minimum atomic E-state index is 0.313. The minimum Gasteiger partial charge on any atom is -0.409 e. The lowest BCUT2D eigenvalue weighted by Gasteiger charge is -2.24. The molecule has 0 saturated heterocycles. The van der Waals surface area contributed by atoms with Gasteiger partial charge in [0, 0.05) is 19.0 Å². The van der Waals surface area contributed by atoms with Crippen LogP contribution in [0.1, 0.15) is 26.7 Å². The van der Waals surface area contributed by atoms with Gasteiger partial charge >= 0.3 is 0 Å². The normalized spacial score (nSPS) is 29.3. The molecule has 0 heterocycles. The van der Waals surface area contributed by atoms with Gasteiger partial charge < -0.3 is 15.8 Å². The zero-order valence-electron chi connectivity index (χ0n) is 9.27. The molecule has 0 aromatic heterocycles. The van der Waals surface area contributed by atoms with E-state index in [1.165, 1.54) is 6.42 Å². The van der Waals surface area contributed by atoms with Gasteiger partial charge in [0.2, 0.25) is 0 Å². The van der Waals surface area contributed by atoms with Crippen molar-refractivity contribution < 1.29 is 5.21 Å². The average Bonchev–Trinajstić information content (AvgIpc) is 2.81. The van der Waals surface area contributed by atoms with E-state index in [-0.39, 0.29) is 0 Å². The Labute approximate surface area is 85.8 Å². The smallest absolute Gasteiger partial charge is 0.140 e. The van der Waals surface area contributed by atoms with Gasteiger partial charge in [-0.25, -0.2) is 0 Å². The standard InChI is InChI=1S/C10H21N3O/c1-7-4-9(7)6-13(3)8(2)5-10(11)12-14/h7-9,14H,4-6H2,1-3H3,(H2,11,12). The summed E-state index contributed by atoms with van der Waals surface area (Å²) in [5.41, 5.74) is 5.46. The van der Waals surface area contributed by atoms with Gasteiger partial charge in [0.05, 0.1) is 0 Å². The summed E-state index contributed by atoms with van der Waals surface area (Å²) in [4.78, 5) is 2.28. The molecule has 0 aliphatic heterocycles. The summed E-state index contributed by atoms with van der Waals surface area (Å²) >= 11 is 0. The molecule has 1 fully saturated rings. The maximum Gasteiger partial charge on any atom is 0.140 e. The zero-order chi connectivity index (χ0) is 10.7. The Morgan fingerprint density at radius 1 is 1.71 bits per heavy atom. The molecular formula is C10H21N3O. The van der Waals surface area contributed by atoms with E-state index in [1.54, 1.807) is 0 Å². The Bertz CT molecular complexity index is 217. The Hall–Kier alpha value is -0.770. The molecule has 4 heteroatoms. The van der Waals surface area contributed by atoms with Crippen molar-refractivity contribution in [2.75, 3.05) is 13.6 Å². The molecule has 3 unspecified atom stereocenters. The SMILES string of the molecule is CC1CC1CN(C)C(C)CC(N)=NO. The van der Waals surface area contributed by atoms with Crippen molar-refractivity contribution in [3.8, 4) is 0 Å². The molecule has 0 radical (unpaired) electrons. The van der Waals surface area contributed by atoms with Crippen LogP contribution < -0.4 is 5.73 Å². The fraction of sp³-hybridized carbons (Fsp3) is 0.900. The van der Waals surface area contributed by atoms with Crippen molar-refractivity contribution in [2.24, 2.45) is 22.7 Å². The molecule has 1 rings (SSSR count). The number of hydrogen-bond donors (Lipinski definition) is 2. The maximum atomic E-state index is 8.45. The number of hydrogen-bond acceptors (Lipinski definition) is 3. The molecule has 1 aliphatic carbocycles. The van der Waals surface area contributed by atoms with Crippen LogP contribution in [0.15, 0.2) is 5.16 Å². The van der Waals surface area contributed by atoms with Gasteiger partial charge in [0.1, 0.15) is 5.84 Å². The van der Waals surface area contributed by atoms with Gasteiger partial charge in [-0.2, -0.15) is 0 Å². The third kappa shape index (κ3) is 3.18. The van der Waals surface area contributed by atoms with E-state index >= 15 is 0 Å². The summed E-state index contributed by atoms with van der Waals surface area (Å²) < 4.78 is 0. The van der Waals surface area contributed by atoms with Gasteiger partial charge in [-0.3, -0.25) is 0 Å². The van der Waals surface area contributed by atoms with E-state index in [0.717, 1.165) is 18.4 Å². The lowest BCUT2D eigenvalue weighted by molar-refractivity contribution is 0.245. The lowest BCUT2D eigenvalue weighted by atomic mass is 10.2. The summed E-state index contributed by atoms with van der Waals surface area (Å²) in [6.45, 7) is 5.51. The first-order valence-corrected chi connectivity index (χ1v) is 5.21. The van der Waals surface area contributed by atoms with Crippen LogP contribution in [0.2, 0.25) is 0 Å². The molecule has 1 saturated carbocycles. The van der Waals surface area contributed by atoms with Crippen LogP contribution in [0.3, 0.4) is 0 Å². The molecule has 82 valence electrons. The van der Waals surface area contributed by atoms with Gasteiger partial charge in [0.25, 0.3) is 0 Å². The van der Waals surface area contributed by atoms with Crippen LogP contribution in [-0.2, 0) is 0 Å². The highest BCUT2D eigenvalue weighted by molar-refractivity contribution is 5.80. The number of nitrogens with zero attached hydrogens (tertiary/aromatic N) is 2. The van der Waals surface area contributed by atoms with Crippen LogP contribution in [0.4, 0.5) is 0 Å². The second-order valence-corrected chi connectivity index (χ2v) is 4.56.